The van der Waals surface area contributed by atoms with E-state index in [1.807, 2.05) is 0 Å². The van der Waals surface area contributed by atoms with Crippen LogP contribution in [0.2, 0.25) is 0 Å². The molecule has 3 heteroatoms. The van der Waals surface area contributed by atoms with E-state index in [1.54, 1.807) is 0 Å². The van der Waals surface area contributed by atoms with Crippen molar-refractivity contribution in [3.8, 4) is 0 Å². The summed E-state index contributed by atoms with van der Waals surface area (Å²) in [6.07, 6.45) is 1.05. The zero-order valence-electron chi connectivity index (χ0n) is 13.7. The van der Waals surface area contributed by atoms with Gasteiger partial charge in [0, 0.05) is 11.4 Å². The number of hydrogen-bond donors (Lipinski definition) is 2. The van der Waals surface area contributed by atoms with Crippen LogP contribution in [0, 0.1) is 6.92 Å². The minimum Gasteiger partial charge on any atom is -0.332 e. The molecule has 0 atom stereocenters. The van der Waals surface area contributed by atoms with Gasteiger partial charge in [0.05, 0.1) is 0 Å². The summed E-state index contributed by atoms with van der Waals surface area (Å²) in [5.74, 6) is 0.453. The fourth-order valence-corrected chi connectivity index (χ4v) is 2.66. The standard InChI is InChI=1S/C19H24N2S/c1-5-15-9-11-16(12-10-15)20-19(22)21-18-14(4)7-6-8-17(18)13(2)3/h6-13H,5H2,1-4H3,(H2,20,21,22). The third kappa shape index (κ3) is 4.08. The van der Waals surface area contributed by atoms with Gasteiger partial charge in [-0.15, -0.1) is 0 Å². The van der Waals surface area contributed by atoms with Crippen molar-refractivity contribution in [2.24, 2.45) is 0 Å². The second-order valence-corrected chi connectivity index (χ2v) is 6.23. The predicted molar refractivity (Wildman–Crippen MR) is 101 cm³/mol. The number of anilines is 2. The molecule has 0 radical (unpaired) electrons. The van der Waals surface area contributed by atoms with Crippen LogP contribution in [0.15, 0.2) is 42.5 Å². The second kappa shape index (κ2) is 7.41. The first kappa shape index (κ1) is 16.5. The van der Waals surface area contributed by atoms with Crippen molar-refractivity contribution in [2.45, 2.75) is 40.0 Å². The highest BCUT2D eigenvalue weighted by molar-refractivity contribution is 7.80. The molecule has 0 heterocycles. The minimum atomic E-state index is 0.453. The van der Waals surface area contributed by atoms with Crippen molar-refractivity contribution in [2.75, 3.05) is 10.6 Å². The molecule has 0 aliphatic rings. The number of hydrogen-bond acceptors (Lipinski definition) is 1. The van der Waals surface area contributed by atoms with E-state index in [0.29, 0.717) is 11.0 Å². The molecule has 2 nitrogen and oxygen atoms in total. The summed E-state index contributed by atoms with van der Waals surface area (Å²) in [4.78, 5) is 0. The molecule has 2 aromatic rings. The largest absolute Gasteiger partial charge is 0.332 e. The summed E-state index contributed by atoms with van der Waals surface area (Å²) in [5.41, 5.74) is 5.93. The van der Waals surface area contributed by atoms with Crippen LogP contribution < -0.4 is 10.6 Å². The molecule has 2 N–H and O–H groups in total. The summed E-state index contributed by atoms with van der Waals surface area (Å²) >= 11 is 5.46. The average molecular weight is 312 g/mol. The van der Waals surface area contributed by atoms with Crippen LogP contribution in [0.4, 0.5) is 11.4 Å². The van der Waals surface area contributed by atoms with Crippen molar-refractivity contribution >= 4 is 28.7 Å². The fraction of sp³-hybridized carbons (Fsp3) is 0.316. The van der Waals surface area contributed by atoms with E-state index in [9.17, 15) is 0 Å². The van der Waals surface area contributed by atoms with Gasteiger partial charge < -0.3 is 10.6 Å². The van der Waals surface area contributed by atoms with Gasteiger partial charge in [0.25, 0.3) is 0 Å². The molecular weight excluding hydrogens is 288 g/mol. The number of rotatable bonds is 4. The predicted octanol–water partition coefficient (Wildman–Crippen LogP) is 5.49. The highest BCUT2D eigenvalue weighted by Crippen LogP contribution is 2.27. The summed E-state index contributed by atoms with van der Waals surface area (Å²) in [7, 11) is 0. The van der Waals surface area contributed by atoms with Crippen LogP contribution >= 0.6 is 12.2 Å². The van der Waals surface area contributed by atoms with Crippen LogP contribution in [0.1, 0.15) is 43.4 Å². The van der Waals surface area contributed by atoms with Crippen LogP contribution in [0.3, 0.4) is 0 Å². The van der Waals surface area contributed by atoms with Crippen molar-refractivity contribution in [1.29, 1.82) is 0 Å². The fourth-order valence-electron chi connectivity index (χ4n) is 2.44. The maximum absolute atomic E-state index is 5.46. The number of para-hydroxylation sites is 1. The van der Waals surface area contributed by atoms with E-state index in [2.05, 4.69) is 80.8 Å². The van der Waals surface area contributed by atoms with Crippen LogP contribution in [-0.4, -0.2) is 5.11 Å². The lowest BCUT2D eigenvalue weighted by atomic mass is 9.98. The summed E-state index contributed by atoms with van der Waals surface area (Å²) in [5, 5.41) is 7.24. The smallest absolute Gasteiger partial charge is 0.175 e. The van der Waals surface area contributed by atoms with Gasteiger partial charge in [-0.3, -0.25) is 0 Å². The van der Waals surface area contributed by atoms with Gasteiger partial charge in [-0.05, 0) is 60.3 Å². The lowest BCUT2D eigenvalue weighted by Crippen LogP contribution is -2.20. The quantitative estimate of drug-likeness (QED) is 0.730. The molecule has 0 aliphatic carbocycles. The molecule has 2 aromatic carbocycles. The SMILES string of the molecule is CCc1ccc(NC(=S)Nc2c(C)cccc2C(C)C)cc1. The van der Waals surface area contributed by atoms with Gasteiger partial charge in [-0.2, -0.15) is 0 Å². The molecular formula is C19H24N2S. The Morgan fingerprint density at radius 1 is 1.05 bits per heavy atom. The first-order valence-corrected chi connectivity index (χ1v) is 8.18. The third-order valence-electron chi connectivity index (χ3n) is 3.79. The Hall–Kier alpha value is -1.87. The number of aryl methyl sites for hydroxylation is 2. The molecule has 22 heavy (non-hydrogen) atoms. The maximum atomic E-state index is 5.46. The normalized spacial score (nSPS) is 10.6. The second-order valence-electron chi connectivity index (χ2n) is 5.82. The van der Waals surface area contributed by atoms with E-state index < -0.39 is 0 Å². The summed E-state index contributed by atoms with van der Waals surface area (Å²) < 4.78 is 0. The van der Waals surface area contributed by atoms with E-state index in [1.165, 1.54) is 16.7 Å². The minimum absolute atomic E-state index is 0.453. The highest BCUT2D eigenvalue weighted by atomic mass is 32.1. The highest BCUT2D eigenvalue weighted by Gasteiger charge is 2.10. The van der Waals surface area contributed by atoms with Gasteiger partial charge in [-0.25, -0.2) is 0 Å². The Balaban J connectivity index is 2.12. The van der Waals surface area contributed by atoms with E-state index in [4.69, 9.17) is 12.2 Å². The van der Waals surface area contributed by atoms with Crippen molar-refractivity contribution in [3.63, 3.8) is 0 Å². The van der Waals surface area contributed by atoms with Crippen LogP contribution in [-0.2, 0) is 6.42 Å². The monoisotopic (exact) mass is 312 g/mol. The molecule has 0 unspecified atom stereocenters. The van der Waals surface area contributed by atoms with Gasteiger partial charge in [0.2, 0.25) is 0 Å². The Kier molecular flexibility index (Phi) is 5.56. The molecule has 2 rings (SSSR count). The zero-order valence-corrected chi connectivity index (χ0v) is 14.6. The zero-order chi connectivity index (χ0) is 16.1. The number of thiocarbonyl (C=S) groups is 1. The Bertz CT molecular complexity index is 645. The Morgan fingerprint density at radius 2 is 1.73 bits per heavy atom. The van der Waals surface area contributed by atoms with Crippen molar-refractivity contribution < 1.29 is 0 Å². The summed E-state index contributed by atoms with van der Waals surface area (Å²) in [6.45, 7) is 8.65. The average Bonchev–Trinajstić information content (AvgIpc) is 2.49. The van der Waals surface area contributed by atoms with Crippen molar-refractivity contribution in [3.05, 3.63) is 59.2 Å². The Labute approximate surface area is 139 Å². The van der Waals surface area contributed by atoms with E-state index >= 15 is 0 Å². The van der Waals surface area contributed by atoms with Crippen molar-refractivity contribution in [1.82, 2.24) is 0 Å². The lowest BCUT2D eigenvalue weighted by molar-refractivity contribution is 0.868. The third-order valence-corrected chi connectivity index (χ3v) is 3.99. The van der Waals surface area contributed by atoms with Gasteiger partial charge in [-0.1, -0.05) is 51.1 Å². The van der Waals surface area contributed by atoms with E-state index in [-0.39, 0.29) is 0 Å². The molecule has 0 aromatic heterocycles. The van der Waals surface area contributed by atoms with Crippen LogP contribution in [0.25, 0.3) is 0 Å². The van der Waals surface area contributed by atoms with Gasteiger partial charge in [0.1, 0.15) is 0 Å². The van der Waals surface area contributed by atoms with Crippen LogP contribution in [0.5, 0.6) is 0 Å². The first-order chi connectivity index (χ1) is 10.5. The topological polar surface area (TPSA) is 24.1 Å². The molecule has 0 bridgehead atoms. The lowest BCUT2D eigenvalue weighted by Gasteiger charge is -2.18. The maximum Gasteiger partial charge on any atom is 0.175 e. The van der Waals surface area contributed by atoms with Gasteiger partial charge >= 0.3 is 0 Å². The molecule has 0 amide bonds. The molecule has 116 valence electrons. The molecule has 0 saturated heterocycles. The number of benzene rings is 2. The molecule has 0 spiro atoms. The Morgan fingerprint density at radius 3 is 2.32 bits per heavy atom. The van der Waals surface area contributed by atoms with E-state index in [0.717, 1.165) is 17.8 Å². The van der Waals surface area contributed by atoms with Gasteiger partial charge in [0.15, 0.2) is 5.11 Å². The molecule has 0 fully saturated rings. The molecule has 0 aliphatic heterocycles. The first-order valence-electron chi connectivity index (χ1n) is 7.77. The number of nitrogens with one attached hydrogen (secondary N) is 2. The summed E-state index contributed by atoms with van der Waals surface area (Å²) in [6, 6.07) is 14.7. The molecule has 0 saturated carbocycles.